The molecule has 1 aromatic rings. The predicted molar refractivity (Wildman–Crippen MR) is 72.6 cm³/mol. The van der Waals surface area contributed by atoms with Crippen molar-refractivity contribution in [2.45, 2.75) is 12.5 Å². The van der Waals surface area contributed by atoms with Crippen molar-refractivity contribution >= 4 is 5.91 Å². The Morgan fingerprint density at radius 1 is 1.30 bits per heavy atom. The van der Waals surface area contributed by atoms with E-state index in [2.05, 4.69) is 9.88 Å². The molecule has 6 nitrogen and oxygen atoms in total. The van der Waals surface area contributed by atoms with Crippen molar-refractivity contribution in [2.75, 3.05) is 39.4 Å². The van der Waals surface area contributed by atoms with E-state index in [0.717, 1.165) is 45.8 Å². The van der Waals surface area contributed by atoms with Gasteiger partial charge in [-0.25, -0.2) is 0 Å². The highest BCUT2D eigenvalue weighted by Crippen LogP contribution is 2.20. The molecule has 0 radical (unpaired) electrons. The van der Waals surface area contributed by atoms with Crippen molar-refractivity contribution in [1.29, 1.82) is 0 Å². The van der Waals surface area contributed by atoms with Gasteiger partial charge in [0.25, 0.3) is 5.91 Å². The van der Waals surface area contributed by atoms with Gasteiger partial charge in [0.05, 0.1) is 25.0 Å². The topological polar surface area (TPSA) is 65.9 Å². The van der Waals surface area contributed by atoms with E-state index in [1.807, 2.05) is 4.90 Å². The van der Waals surface area contributed by atoms with Crippen LogP contribution in [0.5, 0.6) is 5.75 Å². The SMILES string of the molecule is O=C(c1cncc(O)c1)N1CCC(N2CCOCC2)C1. The zero-order valence-electron chi connectivity index (χ0n) is 11.4. The molecule has 1 atom stereocenters. The van der Waals surface area contributed by atoms with Crippen LogP contribution in [0.4, 0.5) is 0 Å². The van der Waals surface area contributed by atoms with Gasteiger partial charge in [-0.2, -0.15) is 0 Å². The Hall–Kier alpha value is -1.66. The van der Waals surface area contributed by atoms with Gasteiger partial charge in [0.15, 0.2) is 0 Å². The predicted octanol–water partition coefficient (Wildman–Crippen LogP) is 0.334. The highest BCUT2D eigenvalue weighted by Gasteiger charge is 2.31. The van der Waals surface area contributed by atoms with Crippen molar-refractivity contribution in [1.82, 2.24) is 14.8 Å². The molecular weight excluding hydrogens is 258 g/mol. The molecular formula is C14H19N3O3. The fourth-order valence-corrected chi connectivity index (χ4v) is 2.89. The van der Waals surface area contributed by atoms with Crippen molar-refractivity contribution in [3.63, 3.8) is 0 Å². The largest absolute Gasteiger partial charge is 0.506 e. The molecule has 1 aromatic heterocycles. The number of amides is 1. The van der Waals surface area contributed by atoms with Gasteiger partial charge >= 0.3 is 0 Å². The standard InChI is InChI=1S/C14H19N3O3/c18-13-7-11(8-15-9-13)14(19)17-2-1-12(10-17)16-3-5-20-6-4-16/h7-9,12,18H,1-6,10H2. The van der Waals surface area contributed by atoms with E-state index in [1.165, 1.54) is 18.5 Å². The van der Waals surface area contributed by atoms with Gasteiger partial charge < -0.3 is 14.7 Å². The third-order valence-corrected chi connectivity index (χ3v) is 3.98. The number of hydrogen-bond acceptors (Lipinski definition) is 5. The smallest absolute Gasteiger partial charge is 0.255 e. The van der Waals surface area contributed by atoms with E-state index in [0.29, 0.717) is 11.6 Å². The minimum atomic E-state index is -0.0517. The number of pyridine rings is 1. The third kappa shape index (κ3) is 2.76. The maximum atomic E-state index is 12.4. The lowest BCUT2D eigenvalue weighted by atomic mass is 10.2. The fourth-order valence-electron chi connectivity index (χ4n) is 2.89. The number of carbonyl (C=O) groups is 1. The molecule has 2 fully saturated rings. The van der Waals surface area contributed by atoms with E-state index in [9.17, 15) is 9.90 Å². The Balaban J connectivity index is 1.63. The summed E-state index contributed by atoms with van der Waals surface area (Å²) in [5.74, 6) is -0.0241. The van der Waals surface area contributed by atoms with Crippen LogP contribution in [-0.4, -0.2) is 71.2 Å². The number of morpholine rings is 1. The maximum Gasteiger partial charge on any atom is 0.255 e. The molecule has 0 aromatic carbocycles. The first-order valence-electron chi connectivity index (χ1n) is 6.99. The molecule has 2 aliphatic rings. The van der Waals surface area contributed by atoms with E-state index in [4.69, 9.17) is 4.74 Å². The Morgan fingerprint density at radius 3 is 2.85 bits per heavy atom. The molecule has 108 valence electrons. The molecule has 20 heavy (non-hydrogen) atoms. The first kappa shape index (κ1) is 13.3. The van der Waals surface area contributed by atoms with Crippen LogP contribution in [0.2, 0.25) is 0 Å². The van der Waals surface area contributed by atoms with Crippen LogP contribution < -0.4 is 0 Å². The van der Waals surface area contributed by atoms with Crippen LogP contribution in [0.15, 0.2) is 18.5 Å². The summed E-state index contributed by atoms with van der Waals surface area (Å²) in [7, 11) is 0. The second-order valence-corrected chi connectivity index (χ2v) is 5.27. The van der Waals surface area contributed by atoms with E-state index in [1.54, 1.807) is 0 Å². The van der Waals surface area contributed by atoms with Crippen LogP contribution in [-0.2, 0) is 4.74 Å². The number of ether oxygens (including phenoxy) is 1. The van der Waals surface area contributed by atoms with Crippen LogP contribution >= 0.6 is 0 Å². The first-order valence-corrected chi connectivity index (χ1v) is 6.99. The number of aromatic nitrogens is 1. The fraction of sp³-hybridized carbons (Fsp3) is 0.571. The van der Waals surface area contributed by atoms with Crippen molar-refractivity contribution < 1.29 is 14.6 Å². The molecule has 1 unspecified atom stereocenters. The molecule has 1 amide bonds. The van der Waals surface area contributed by atoms with Crippen molar-refractivity contribution in [2.24, 2.45) is 0 Å². The lowest BCUT2D eigenvalue weighted by molar-refractivity contribution is 0.0185. The molecule has 0 spiro atoms. The van der Waals surface area contributed by atoms with Gasteiger partial charge in [-0.3, -0.25) is 14.7 Å². The molecule has 2 aliphatic heterocycles. The maximum absolute atomic E-state index is 12.4. The number of likely N-dealkylation sites (tertiary alicyclic amines) is 1. The minimum Gasteiger partial charge on any atom is -0.506 e. The van der Waals surface area contributed by atoms with Gasteiger partial charge in [-0.05, 0) is 12.5 Å². The van der Waals surface area contributed by atoms with Crippen molar-refractivity contribution in [3.05, 3.63) is 24.0 Å². The summed E-state index contributed by atoms with van der Waals surface area (Å²) < 4.78 is 5.36. The van der Waals surface area contributed by atoms with E-state index >= 15 is 0 Å². The summed E-state index contributed by atoms with van der Waals surface area (Å²) in [6, 6.07) is 1.89. The summed E-state index contributed by atoms with van der Waals surface area (Å²) in [5, 5.41) is 9.41. The summed E-state index contributed by atoms with van der Waals surface area (Å²) in [5.41, 5.74) is 0.452. The zero-order valence-corrected chi connectivity index (χ0v) is 11.4. The van der Waals surface area contributed by atoms with Gasteiger partial charge in [-0.15, -0.1) is 0 Å². The van der Waals surface area contributed by atoms with Gasteiger partial charge in [0.1, 0.15) is 5.75 Å². The normalized spacial score (nSPS) is 24.0. The molecule has 3 rings (SSSR count). The number of rotatable bonds is 2. The molecule has 6 heteroatoms. The second-order valence-electron chi connectivity index (χ2n) is 5.27. The summed E-state index contributed by atoms with van der Waals surface area (Å²) in [6.07, 6.45) is 3.83. The monoisotopic (exact) mass is 277 g/mol. The highest BCUT2D eigenvalue weighted by molar-refractivity contribution is 5.94. The van der Waals surface area contributed by atoms with Gasteiger partial charge in [0, 0.05) is 38.4 Å². The van der Waals surface area contributed by atoms with Crippen LogP contribution in [0.3, 0.4) is 0 Å². The lowest BCUT2D eigenvalue weighted by Crippen LogP contribution is -2.45. The Labute approximate surface area is 118 Å². The quantitative estimate of drug-likeness (QED) is 0.844. The number of aromatic hydroxyl groups is 1. The van der Waals surface area contributed by atoms with Gasteiger partial charge in [-0.1, -0.05) is 0 Å². The second kappa shape index (κ2) is 5.76. The lowest BCUT2D eigenvalue weighted by Gasteiger charge is -2.32. The Morgan fingerprint density at radius 2 is 2.10 bits per heavy atom. The number of carbonyl (C=O) groups excluding carboxylic acids is 1. The molecule has 0 aliphatic carbocycles. The first-order chi connectivity index (χ1) is 9.74. The average Bonchev–Trinajstić information content (AvgIpc) is 2.97. The van der Waals surface area contributed by atoms with Gasteiger partial charge in [0.2, 0.25) is 0 Å². The summed E-state index contributed by atoms with van der Waals surface area (Å²) in [6.45, 7) is 4.95. The molecule has 0 saturated carbocycles. The summed E-state index contributed by atoms with van der Waals surface area (Å²) in [4.78, 5) is 20.5. The third-order valence-electron chi connectivity index (χ3n) is 3.98. The van der Waals surface area contributed by atoms with Crippen LogP contribution in [0, 0.1) is 0 Å². The van der Waals surface area contributed by atoms with Crippen molar-refractivity contribution in [3.8, 4) is 5.75 Å². The van der Waals surface area contributed by atoms with Crippen LogP contribution in [0.25, 0.3) is 0 Å². The van der Waals surface area contributed by atoms with E-state index < -0.39 is 0 Å². The van der Waals surface area contributed by atoms with E-state index in [-0.39, 0.29) is 11.7 Å². The Kier molecular flexibility index (Phi) is 3.84. The Bertz CT molecular complexity index is 488. The minimum absolute atomic E-state index is 0.0276. The number of nitrogens with zero attached hydrogens (tertiary/aromatic N) is 3. The molecule has 3 heterocycles. The molecule has 2 saturated heterocycles. The highest BCUT2D eigenvalue weighted by atomic mass is 16.5. The average molecular weight is 277 g/mol. The summed E-state index contributed by atoms with van der Waals surface area (Å²) >= 11 is 0. The molecule has 0 bridgehead atoms. The zero-order chi connectivity index (χ0) is 13.9. The molecule has 1 N–H and O–H groups in total. The van der Waals surface area contributed by atoms with Crippen LogP contribution in [0.1, 0.15) is 16.8 Å². The number of hydrogen-bond donors (Lipinski definition) is 1.